The van der Waals surface area contributed by atoms with E-state index in [1.54, 1.807) is 13.0 Å². The third-order valence-corrected chi connectivity index (χ3v) is 6.56. The number of ether oxygens (including phenoxy) is 3. The summed E-state index contributed by atoms with van der Waals surface area (Å²) in [6, 6.07) is 11.0. The molecule has 0 aliphatic heterocycles. The molecule has 2 heterocycles. The molecule has 1 N–H and O–H groups in total. The minimum Gasteiger partial charge on any atom is -0.486 e. The van der Waals surface area contributed by atoms with E-state index in [0.717, 1.165) is 11.3 Å². The Bertz CT molecular complexity index is 1230. The Morgan fingerprint density at radius 2 is 1.72 bits per heavy atom. The lowest BCUT2D eigenvalue weighted by atomic mass is 9.87. The van der Waals surface area contributed by atoms with Crippen LogP contribution >= 0.6 is 11.3 Å². The average molecular weight is 514 g/mol. The predicted molar refractivity (Wildman–Crippen MR) is 137 cm³/mol. The summed E-state index contributed by atoms with van der Waals surface area (Å²) in [4.78, 5) is 37.9. The maximum atomic E-state index is 12.9. The first-order valence-electron chi connectivity index (χ1n) is 11.6. The van der Waals surface area contributed by atoms with Crippen molar-refractivity contribution >= 4 is 34.2 Å². The highest BCUT2D eigenvalue weighted by Crippen LogP contribution is 2.35. The van der Waals surface area contributed by atoms with Gasteiger partial charge in [-0.05, 0) is 54.2 Å². The summed E-state index contributed by atoms with van der Waals surface area (Å²) in [6.45, 7) is 10.3. The summed E-state index contributed by atoms with van der Waals surface area (Å²) >= 11 is 0.947. The molecule has 1 amide bonds. The molecule has 0 saturated carbocycles. The summed E-state index contributed by atoms with van der Waals surface area (Å²) in [5, 5.41) is 2.86. The minimum absolute atomic E-state index is 0.0372. The van der Waals surface area contributed by atoms with Gasteiger partial charge in [0.2, 0.25) is 0 Å². The standard InChI is InChI=1S/C27H31NO7S/c1-7-14-33-25(30)21-16(2)22(26(31)32-6)36-24(21)28-23(29)20-13-12-19(35-20)15-34-18-10-8-17(9-11-18)27(3,4)5/h8-13H,7,14-15H2,1-6H3,(H,28,29). The van der Waals surface area contributed by atoms with Gasteiger partial charge in [0.25, 0.3) is 5.91 Å². The average Bonchev–Trinajstić information content (AvgIpc) is 3.45. The fourth-order valence-corrected chi connectivity index (χ4v) is 4.46. The second kappa shape index (κ2) is 11.4. The van der Waals surface area contributed by atoms with Gasteiger partial charge >= 0.3 is 11.9 Å². The van der Waals surface area contributed by atoms with E-state index in [0.29, 0.717) is 23.5 Å². The highest BCUT2D eigenvalue weighted by atomic mass is 32.1. The number of esters is 2. The molecule has 2 aromatic heterocycles. The van der Waals surface area contributed by atoms with Crippen molar-refractivity contribution in [3.63, 3.8) is 0 Å². The number of rotatable bonds is 9. The van der Waals surface area contributed by atoms with Crippen LogP contribution in [0.2, 0.25) is 0 Å². The number of hydrogen-bond donors (Lipinski definition) is 1. The van der Waals surface area contributed by atoms with Gasteiger partial charge in [-0.1, -0.05) is 39.8 Å². The topological polar surface area (TPSA) is 104 Å². The van der Waals surface area contributed by atoms with Gasteiger partial charge in [0.05, 0.1) is 19.3 Å². The molecule has 8 nitrogen and oxygen atoms in total. The number of furan rings is 1. The van der Waals surface area contributed by atoms with E-state index in [1.807, 2.05) is 31.2 Å². The molecule has 0 spiro atoms. The molecular formula is C27H31NO7S. The highest BCUT2D eigenvalue weighted by Gasteiger charge is 2.28. The molecule has 36 heavy (non-hydrogen) atoms. The van der Waals surface area contributed by atoms with Gasteiger partial charge in [-0.25, -0.2) is 9.59 Å². The molecule has 0 aliphatic carbocycles. The van der Waals surface area contributed by atoms with E-state index in [-0.39, 0.29) is 39.8 Å². The first-order valence-corrected chi connectivity index (χ1v) is 12.4. The predicted octanol–water partition coefficient (Wildman–Crippen LogP) is 6.13. The van der Waals surface area contributed by atoms with Crippen molar-refractivity contribution in [3.05, 3.63) is 69.5 Å². The quantitative estimate of drug-likeness (QED) is 0.343. The fraction of sp³-hybridized carbons (Fsp3) is 0.370. The van der Waals surface area contributed by atoms with Crippen LogP contribution in [0.25, 0.3) is 0 Å². The van der Waals surface area contributed by atoms with Crippen molar-refractivity contribution in [2.75, 3.05) is 19.0 Å². The van der Waals surface area contributed by atoms with Crippen LogP contribution in [0.5, 0.6) is 5.75 Å². The normalized spacial score (nSPS) is 11.2. The minimum atomic E-state index is -0.623. The van der Waals surface area contributed by atoms with E-state index in [1.165, 1.54) is 18.7 Å². The molecule has 0 radical (unpaired) electrons. The zero-order valence-corrected chi connectivity index (χ0v) is 22.2. The van der Waals surface area contributed by atoms with Crippen molar-refractivity contribution in [3.8, 4) is 5.75 Å². The molecule has 9 heteroatoms. The van der Waals surface area contributed by atoms with Crippen molar-refractivity contribution in [1.82, 2.24) is 0 Å². The van der Waals surface area contributed by atoms with E-state index in [2.05, 4.69) is 26.1 Å². The Morgan fingerprint density at radius 3 is 2.33 bits per heavy atom. The number of hydrogen-bond acceptors (Lipinski definition) is 8. The second-order valence-corrected chi connectivity index (χ2v) is 10.2. The molecular weight excluding hydrogens is 482 g/mol. The molecule has 0 fully saturated rings. The maximum absolute atomic E-state index is 12.9. The lowest BCUT2D eigenvalue weighted by Gasteiger charge is -2.19. The van der Waals surface area contributed by atoms with Crippen LogP contribution < -0.4 is 10.1 Å². The lowest BCUT2D eigenvalue weighted by molar-refractivity contribution is 0.0506. The molecule has 3 rings (SSSR count). The Morgan fingerprint density at radius 1 is 1.03 bits per heavy atom. The van der Waals surface area contributed by atoms with Crippen LogP contribution in [-0.2, 0) is 21.5 Å². The van der Waals surface area contributed by atoms with Gasteiger partial charge in [-0.3, -0.25) is 4.79 Å². The largest absolute Gasteiger partial charge is 0.486 e. The SMILES string of the molecule is CCCOC(=O)c1c(NC(=O)c2ccc(COc3ccc(C(C)(C)C)cc3)o2)sc(C(=O)OC)c1C. The molecule has 0 aliphatic rings. The van der Waals surface area contributed by atoms with Gasteiger partial charge in [-0.15, -0.1) is 11.3 Å². The lowest BCUT2D eigenvalue weighted by Crippen LogP contribution is -2.14. The van der Waals surface area contributed by atoms with Crippen molar-refractivity contribution in [2.45, 2.75) is 53.1 Å². The summed E-state index contributed by atoms with van der Waals surface area (Å²) in [5.74, 6) is -0.615. The molecule has 0 unspecified atom stereocenters. The van der Waals surface area contributed by atoms with E-state index >= 15 is 0 Å². The Hall–Kier alpha value is -3.59. The van der Waals surface area contributed by atoms with E-state index in [4.69, 9.17) is 18.6 Å². The van der Waals surface area contributed by atoms with Crippen LogP contribution in [0.3, 0.4) is 0 Å². The molecule has 192 valence electrons. The number of thiophene rings is 1. The zero-order chi connectivity index (χ0) is 26.5. The van der Waals surface area contributed by atoms with E-state index < -0.39 is 17.8 Å². The molecule has 1 aromatic carbocycles. The van der Waals surface area contributed by atoms with Crippen molar-refractivity contribution in [2.24, 2.45) is 0 Å². The van der Waals surface area contributed by atoms with E-state index in [9.17, 15) is 14.4 Å². The maximum Gasteiger partial charge on any atom is 0.348 e. The van der Waals surface area contributed by atoms with Gasteiger partial charge in [0, 0.05) is 0 Å². The van der Waals surface area contributed by atoms with Crippen LogP contribution in [0.4, 0.5) is 5.00 Å². The summed E-state index contributed by atoms with van der Waals surface area (Å²) in [5.41, 5.74) is 1.75. The first-order chi connectivity index (χ1) is 17.0. The fourth-order valence-electron chi connectivity index (χ4n) is 3.35. The second-order valence-electron chi connectivity index (χ2n) is 9.17. The third-order valence-electron chi connectivity index (χ3n) is 5.37. The monoisotopic (exact) mass is 513 g/mol. The number of methoxy groups -OCH3 is 1. The zero-order valence-electron chi connectivity index (χ0n) is 21.4. The van der Waals surface area contributed by atoms with Gasteiger partial charge in [-0.2, -0.15) is 0 Å². The van der Waals surface area contributed by atoms with Crippen LogP contribution in [-0.4, -0.2) is 31.6 Å². The molecule has 3 aromatic rings. The number of anilines is 1. The number of nitrogens with one attached hydrogen (secondary N) is 1. The molecule has 0 saturated heterocycles. The number of benzene rings is 1. The third kappa shape index (κ3) is 6.34. The Balaban J connectivity index is 1.72. The van der Waals surface area contributed by atoms with Crippen molar-refractivity contribution < 1.29 is 33.0 Å². The Labute approximate surface area is 214 Å². The van der Waals surface area contributed by atoms with Gasteiger partial charge in [0.1, 0.15) is 28.0 Å². The highest BCUT2D eigenvalue weighted by molar-refractivity contribution is 7.18. The van der Waals surface area contributed by atoms with Gasteiger partial charge in [0.15, 0.2) is 5.76 Å². The van der Waals surface area contributed by atoms with Crippen molar-refractivity contribution in [1.29, 1.82) is 0 Å². The van der Waals surface area contributed by atoms with Gasteiger partial charge < -0.3 is 23.9 Å². The Kier molecular flexibility index (Phi) is 8.57. The molecule has 0 atom stereocenters. The number of carbonyl (C=O) groups is 3. The molecule has 0 bridgehead atoms. The van der Waals surface area contributed by atoms with Crippen LogP contribution in [0, 0.1) is 6.92 Å². The number of carbonyl (C=O) groups excluding carboxylic acids is 3. The first kappa shape index (κ1) is 27.0. The summed E-state index contributed by atoms with van der Waals surface area (Å²) < 4.78 is 21.5. The van der Waals surface area contributed by atoms with Crippen LogP contribution in [0.1, 0.15) is 81.6 Å². The number of amides is 1. The summed E-state index contributed by atoms with van der Waals surface area (Å²) in [6.07, 6.45) is 0.637. The smallest absolute Gasteiger partial charge is 0.348 e. The van der Waals surface area contributed by atoms with Crippen LogP contribution in [0.15, 0.2) is 40.8 Å². The summed E-state index contributed by atoms with van der Waals surface area (Å²) in [7, 11) is 1.25.